The predicted molar refractivity (Wildman–Crippen MR) is 71.4 cm³/mol. The van der Waals surface area contributed by atoms with E-state index in [4.69, 9.17) is 16.2 Å². The molecule has 0 aliphatic carbocycles. The summed E-state index contributed by atoms with van der Waals surface area (Å²) in [6.07, 6.45) is 0. The lowest BCUT2D eigenvalue weighted by molar-refractivity contribution is 0.0735. The van der Waals surface area contributed by atoms with Gasteiger partial charge in [0.05, 0.1) is 16.9 Å². The zero-order valence-electron chi connectivity index (χ0n) is 10.0. The van der Waals surface area contributed by atoms with Crippen LogP contribution in [0.3, 0.4) is 0 Å². The highest BCUT2D eigenvalue weighted by Crippen LogP contribution is 2.22. The molecule has 2 aromatic carbocycles. The second-order valence-corrected chi connectivity index (χ2v) is 4.05. The Morgan fingerprint density at radius 1 is 1.00 bits per heavy atom. The summed E-state index contributed by atoms with van der Waals surface area (Å²) in [7, 11) is 0. The third kappa shape index (κ3) is 2.60. The maximum Gasteiger partial charge on any atom is 0.343 e. The van der Waals surface area contributed by atoms with Gasteiger partial charge in [0.1, 0.15) is 5.75 Å². The Bertz CT molecular complexity index is 577. The van der Waals surface area contributed by atoms with Crippen LogP contribution < -0.4 is 16.2 Å². The largest absolute Gasteiger partial charge is 0.423 e. The minimum absolute atomic E-state index is 0.382. The van der Waals surface area contributed by atoms with Crippen molar-refractivity contribution in [3.8, 4) is 5.75 Å². The number of rotatable bonds is 2. The molecule has 4 nitrogen and oxygen atoms in total. The molecule has 0 unspecified atom stereocenters. The number of anilines is 2. The van der Waals surface area contributed by atoms with Gasteiger partial charge in [0.2, 0.25) is 0 Å². The number of carbonyl (C=O) groups is 1. The number of nitrogen functional groups attached to an aromatic ring is 2. The van der Waals surface area contributed by atoms with Crippen molar-refractivity contribution in [3.05, 3.63) is 53.6 Å². The van der Waals surface area contributed by atoms with Crippen LogP contribution in [-0.2, 0) is 0 Å². The quantitative estimate of drug-likeness (QED) is 0.481. The standard InChI is InChI=1S/C14H14N2O2/c1-9-2-4-10(5-3-9)14(17)18-11-6-7-12(15)13(16)8-11/h2-8H,15-16H2,1H3. The van der Waals surface area contributed by atoms with E-state index in [1.54, 1.807) is 24.3 Å². The Balaban J connectivity index is 2.16. The molecule has 0 radical (unpaired) electrons. The molecule has 2 rings (SSSR count). The van der Waals surface area contributed by atoms with Crippen LogP contribution in [0.4, 0.5) is 11.4 Å². The molecule has 0 saturated heterocycles. The molecule has 4 heteroatoms. The van der Waals surface area contributed by atoms with E-state index in [-0.39, 0.29) is 0 Å². The SMILES string of the molecule is Cc1ccc(C(=O)Oc2ccc(N)c(N)c2)cc1. The van der Waals surface area contributed by atoms with Crippen LogP contribution in [0.1, 0.15) is 15.9 Å². The van der Waals surface area contributed by atoms with Gasteiger partial charge >= 0.3 is 5.97 Å². The van der Waals surface area contributed by atoms with Gasteiger partial charge in [-0.05, 0) is 31.2 Å². The van der Waals surface area contributed by atoms with Crippen LogP contribution in [0.25, 0.3) is 0 Å². The van der Waals surface area contributed by atoms with Crippen LogP contribution >= 0.6 is 0 Å². The first-order valence-electron chi connectivity index (χ1n) is 5.50. The van der Waals surface area contributed by atoms with Crippen LogP contribution in [0.15, 0.2) is 42.5 Å². The monoisotopic (exact) mass is 242 g/mol. The maximum absolute atomic E-state index is 11.8. The second-order valence-electron chi connectivity index (χ2n) is 4.05. The summed E-state index contributed by atoms with van der Waals surface area (Å²) < 4.78 is 5.20. The zero-order valence-corrected chi connectivity index (χ0v) is 10.0. The number of hydrogen-bond acceptors (Lipinski definition) is 4. The molecule has 92 valence electrons. The number of nitrogens with two attached hydrogens (primary N) is 2. The number of hydrogen-bond donors (Lipinski definition) is 2. The summed E-state index contributed by atoms with van der Waals surface area (Å²) in [5.41, 5.74) is 13.7. The summed E-state index contributed by atoms with van der Waals surface area (Å²) in [6.45, 7) is 1.95. The molecule has 0 heterocycles. The van der Waals surface area contributed by atoms with E-state index >= 15 is 0 Å². The topological polar surface area (TPSA) is 78.3 Å². The van der Waals surface area contributed by atoms with Crippen LogP contribution in [0.5, 0.6) is 5.75 Å². The van der Waals surface area contributed by atoms with Crippen molar-refractivity contribution in [1.29, 1.82) is 0 Å². The van der Waals surface area contributed by atoms with Gasteiger partial charge in [-0.15, -0.1) is 0 Å². The van der Waals surface area contributed by atoms with Gasteiger partial charge in [0, 0.05) is 6.07 Å². The smallest absolute Gasteiger partial charge is 0.343 e. The molecule has 0 amide bonds. The minimum atomic E-state index is -0.417. The summed E-state index contributed by atoms with van der Waals surface area (Å²) in [4.78, 5) is 11.8. The molecule has 2 aromatic rings. The third-order valence-corrected chi connectivity index (χ3v) is 2.56. The van der Waals surface area contributed by atoms with E-state index in [1.165, 1.54) is 6.07 Å². The highest BCUT2D eigenvalue weighted by molar-refractivity contribution is 5.91. The highest BCUT2D eigenvalue weighted by Gasteiger charge is 2.08. The molecule has 0 aromatic heterocycles. The molecule has 4 N–H and O–H groups in total. The van der Waals surface area contributed by atoms with Crippen molar-refractivity contribution in [1.82, 2.24) is 0 Å². The molecule has 0 fully saturated rings. The van der Waals surface area contributed by atoms with Gasteiger partial charge in [-0.1, -0.05) is 17.7 Å². The molecule has 0 bridgehead atoms. The third-order valence-electron chi connectivity index (χ3n) is 2.56. The minimum Gasteiger partial charge on any atom is -0.423 e. The van der Waals surface area contributed by atoms with Gasteiger partial charge in [-0.2, -0.15) is 0 Å². The lowest BCUT2D eigenvalue weighted by Crippen LogP contribution is -2.08. The van der Waals surface area contributed by atoms with E-state index in [1.807, 2.05) is 19.1 Å². The van der Waals surface area contributed by atoms with Crippen molar-refractivity contribution < 1.29 is 9.53 Å². The molecular weight excluding hydrogens is 228 g/mol. The molecule has 0 aliphatic rings. The van der Waals surface area contributed by atoms with Crippen LogP contribution in [0.2, 0.25) is 0 Å². The molecule has 0 atom stereocenters. The first kappa shape index (κ1) is 12.0. The second kappa shape index (κ2) is 4.79. The van der Waals surface area contributed by atoms with E-state index in [0.717, 1.165) is 5.56 Å². The summed E-state index contributed by atoms with van der Waals surface area (Å²) in [6, 6.07) is 11.9. The summed E-state index contributed by atoms with van der Waals surface area (Å²) in [5, 5.41) is 0. The van der Waals surface area contributed by atoms with Crippen molar-refractivity contribution >= 4 is 17.3 Å². The van der Waals surface area contributed by atoms with Gasteiger partial charge < -0.3 is 16.2 Å². The van der Waals surface area contributed by atoms with E-state index in [2.05, 4.69) is 0 Å². The number of aryl methyl sites for hydroxylation is 1. The van der Waals surface area contributed by atoms with Crippen LogP contribution in [0, 0.1) is 6.92 Å². The molecule has 0 spiro atoms. The fourth-order valence-corrected chi connectivity index (χ4v) is 1.47. The predicted octanol–water partition coefficient (Wildman–Crippen LogP) is 2.38. The Hall–Kier alpha value is -2.49. The lowest BCUT2D eigenvalue weighted by Gasteiger charge is -2.06. The summed E-state index contributed by atoms with van der Waals surface area (Å²) >= 11 is 0. The molecule has 0 aliphatic heterocycles. The number of carbonyl (C=O) groups excluding carboxylic acids is 1. The van der Waals surface area contributed by atoms with E-state index < -0.39 is 5.97 Å². The van der Waals surface area contributed by atoms with Gasteiger partial charge in [0.15, 0.2) is 0 Å². The first-order valence-corrected chi connectivity index (χ1v) is 5.50. The highest BCUT2D eigenvalue weighted by atomic mass is 16.5. The molecule has 0 saturated carbocycles. The van der Waals surface area contributed by atoms with Crippen molar-refractivity contribution in [2.75, 3.05) is 11.5 Å². The van der Waals surface area contributed by atoms with Gasteiger partial charge in [-0.25, -0.2) is 4.79 Å². The zero-order chi connectivity index (χ0) is 13.1. The Labute approximate surface area is 105 Å². The average Bonchev–Trinajstić information content (AvgIpc) is 2.34. The van der Waals surface area contributed by atoms with Gasteiger partial charge in [0.25, 0.3) is 0 Å². The molecular formula is C14H14N2O2. The van der Waals surface area contributed by atoms with E-state index in [0.29, 0.717) is 22.7 Å². The lowest BCUT2D eigenvalue weighted by atomic mass is 10.1. The Morgan fingerprint density at radius 2 is 1.67 bits per heavy atom. The number of esters is 1. The molecule has 18 heavy (non-hydrogen) atoms. The average molecular weight is 242 g/mol. The number of benzene rings is 2. The van der Waals surface area contributed by atoms with Crippen molar-refractivity contribution in [2.45, 2.75) is 6.92 Å². The van der Waals surface area contributed by atoms with E-state index in [9.17, 15) is 4.79 Å². The van der Waals surface area contributed by atoms with Crippen LogP contribution in [-0.4, -0.2) is 5.97 Å². The Kier molecular flexibility index (Phi) is 3.19. The number of ether oxygens (including phenoxy) is 1. The van der Waals surface area contributed by atoms with Gasteiger partial charge in [-0.3, -0.25) is 0 Å². The normalized spacial score (nSPS) is 10.1. The maximum atomic E-state index is 11.8. The Morgan fingerprint density at radius 3 is 2.28 bits per heavy atom. The van der Waals surface area contributed by atoms with Crippen molar-refractivity contribution in [3.63, 3.8) is 0 Å². The fraction of sp³-hybridized carbons (Fsp3) is 0.0714. The van der Waals surface area contributed by atoms with Crippen molar-refractivity contribution in [2.24, 2.45) is 0 Å². The first-order chi connectivity index (χ1) is 8.56. The summed E-state index contributed by atoms with van der Waals surface area (Å²) in [5.74, 6) is -0.0357. The fourth-order valence-electron chi connectivity index (χ4n) is 1.47.